The summed E-state index contributed by atoms with van der Waals surface area (Å²) in [7, 11) is 1.73. The number of hydrogen-bond acceptors (Lipinski definition) is 7. The van der Waals surface area contributed by atoms with E-state index in [1.54, 1.807) is 48.3 Å². The maximum absolute atomic E-state index is 13.6. The van der Waals surface area contributed by atoms with Gasteiger partial charge in [-0.05, 0) is 50.3 Å². The van der Waals surface area contributed by atoms with Crippen molar-refractivity contribution in [3.05, 3.63) is 53.5 Å². The molecule has 0 bridgehead atoms. The number of amides is 2. The van der Waals surface area contributed by atoms with Crippen LogP contribution in [0.2, 0.25) is 0 Å². The molecule has 1 saturated carbocycles. The number of aliphatic hydroxyl groups excluding tert-OH is 1. The first-order valence-electron chi connectivity index (χ1n) is 13.2. The summed E-state index contributed by atoms with van der Waals surface area (Å²) in [4.78, 5) is 38.2. The molecule has 0 saturated heterocycles. The SMILES string of the molecule is C[C@@H]1CN([C@@H](C)CO)C(=O)c2cc(C#CC3(O)CCCC3)cnc2O[C@@H]1CN(C)C(=O)Cc1cccnc1. The molecule has 202 valence electrons. The summed E-state index contributed by atoms with van der Waals surface area (Å²) in [5.74, 6) is 5.59. The fourth-order valence-corrected chi connectivity index (χ4v) is 4.85. The number of aliphatic hydroxyl groups is 2. The number of ether oxygens (including phenoxy) is 1. The van der Waals surface area contributed by atoms with Crippen LogP contribution in [0.3, 0.4) is 0 Å². The first kappa shape index (κ1) is 27.6. The Morgan fingerprint density at radius 2 is 2.11 bits per heavy atom. The second-order valence-electron chi connectivity index (χ2n) is 10.5. The molecule has 0 radical (unpaired) electrons. The minimum atomic E-state index is -1.00. The largest absolute Gasteiger partial charge is 0.472 e. The third-order valence-corrected chi connectivity index (χ3v) is 7.35. The Kier molecular flexibility index (Phi) is 8.65. The fraction of sp³-hybridized carbons (Fsp3) is 0.517. The van der Waals surface area contributed by atoms with E-state index < -0.39 is 17.7 Å². The van der Waals surface area contributed by atoms with Crippen molar-refractivity contribution < 1.29 is 24.5 Å². The van der Waals surface area contributed by atoms with Gasteiger partial charge < -0.3 is 24.7 Å². The van der Waals surface area contributed by atoms with Crippen molar-refractivity contribution in [1.29, 1.82) is 0 Å². The van der Waals surface area contributed by atoms with Crippen molar-refractivity contribution in [2.45, 2.75) is 63.7 Å². The molecule has 0 unspecified atom stereocenters. The number of nitrogens with zero attached hydrogens (tertiary/aromatic N) is 4. The van der Waals surface area contributed by atoms with Crippen LogP contribution in [0.15, 0.2) is 36.8 Å². The van der Waals surface area contributed by atoms with Gasteiger partial charge in [-0.25, -0.2) is 4.98 Å². The number of pyridine rings is 2. The van der Waals surface area contributed by atoms with Gasteiger partial charge in [0.2, 0.25) is 11.8 Å². The molecule has 4 rings (SSSR count). The third-order valence-electron chi connectivity index (χ3n) is 7.35. The molecular weight excluding hydrogens is 484 g/mol. The normalized spacial score (nSPS) is 21.3. The molecule has 9 heteroatoms. The van der Waals surface area contributed by atoms with E-state index in [4.69, 9.17) is 4.74 Å². The topological polar surface area (TPSA) is 116 Å². The lowest BCUT2D eigenvalue weighted by Gasteiger charge is -2.37. The Balaban J connectivity index is 1.60. The van der Waals surface area contributed by atoms with E-state index in [2.05, 4.69) is 21.8 Å². The molecule has 9 nitrogen and oxygen atoms in total. The number of hydrogen-bond donors (Lipinski definition) is 2. The van der Waals surface area contributed by atoms with Gasteiger partial charge in [-0.1, -0.05) is 24.8 Å². The molecule has 2 N–H and O–H groups in total. The van der Waals surface area contributed by atoms with Gasteiger partial charge in [0.25, 0.3) is 5.91 Å². The summed E-state index contributed by atoms with van der Waals surface area (Å²) in [6.45, 7) is 4.19. The smallest absolute Gasteiger partial charge is 0.259 e. The zero-order valence-corrected chi connectivity index (χ0v) is 22.3. The van der Waals surface area contributed by atoms with Crippen molar-refractivity contribution in [2.24, 2.45) is 5.92 Å². The number of likely N-dealkylation sites (N-methyl/N-ethyl adjacent to an activating group) is 1. The lowest BCUT2D eigenvalue weighted by molar-refractivity contribution is -0.130. The van der Waals surface area contributed by atoms with Crippen LogP contribution in [0.25, 0.3) is 0 Å². The zero-order chi connectivity index (χ0) is 27.3. The molecule has 0 aromatic carbocycles. The maximum Gasteiger partial charge on any atom is 0.259 e. The number of fused-ring (bicyclic) bond motifs is 1. The number of rotatable bonds is 6. The third kappa shape index (κ3) is 6.50. The Bertz CT molecular complexity index is 1200. The highest BCUT2D eigenvalue weighted by atomic mass is 16.5. The summed E-state index contributed by atoms with van der Waals surface area (Å²) in [5.41, 5.74) is 0.575. The Labute approximate surface area is 223 Å². The second-order valence-corrected chi connectivity index (χ2v) is 10.5. The highest BCUT2D eigenvalue weighted by molar-refractivity contribution is 5.97. The predicted molar refractivity (Wildman–Crippen MR) is 141 cm³/mol. The maximum atomic E-state index is 13.6. The monoisotopic (exact) mass is 520 g/mol. The van der Waals surface area contributed by atoms with E-state index in [1.807, 2.05) is 13.0 Å². The van der Waals surface area contributed by atoms with Crippen molar-refractivity contribution >= 4 is 11.8 Å². The second kappa shape index (κ2) is 11.9. The van der Waals surface area contributed by atoms with Crippen LogP contribution in [0, 0.1) is 17.8 Å². The molecule has 2 aromatic heterocycles. The molecule has 2 aromatic rings. The van der Waals surface area contributed by atoms with Crippen LogP contribution >= 0.6 is 0 Å². The van der Waals surface area contributed by atoms with Crippen LogP contribution in [0.4, 0.5) is 0 Å². The summed E-state index contributed by atoms with van der Waals surface area (Å²) < 4.78 is 6.28. The van der Waals surface area contributed by atoms with Gasteiger partial charge in [-0.3, -0.25) is 14.6 Å². The molecule has 1 fully saturated rings. The summed E-state index contributed by atoms with van der Waals surface area (Å²) >= 11 is 0. The van der Waals surface area contributed by atoms with Crippen LogP contribution < -0.4 is 4.74 Å². The molecule has 2 aliphatic rings. The quantitative estimate of drug-likeness (QED) is 0.560. The van der Waals surface area contributed by atoms with Gasteiger partial charge in [-0.2, -0.15) is 0 Å². The van der Waals surface area contributed by atoms with Gasteiger partial charge in [0, 0.05) is 43.7 Å². The molecule has 0 spiro atoms. The molecule has 3 heterocycles. The van der Waals surface area contributed by atoms with Crippen LogP contribution in [-0.4, -0.2) is 86.3 Å². The molecule has 38 heavy (non-hydrogen) atoms. The van der Waals surface area contributed by atoms with Gasteiger partial charge in [0.05, 0.1) is 25.6 Å². The predicted octanol–water partition coefficient (Wildman–Crippen LogP) is 2.05. The molecule has 1 aliphatic carbocycles. The molecule has 1 aliphatic heterocycles. The van der Waals surface area contributed by atoms with Crippen molar-refractivity contribution in [3.8, 4) is 17.7 Å². The van der Waals surface area contributed by atoms with Crippen LogP contribution in [0.5, 0.6) is 5.88 Å². The average molecular weight is 521 g/mol. The summed E-state index contributed by atoms with van der Waals surface area (Å²) in [5, 5.41) is 20.5. The molecule has 3 atom stereocenters. The minimum Gasteiger partial charge on any atom is -0.472 e. The summed E-state index contributed by atoms with van der Waals surface area (Å²) in [6.07, 6.45) is 7.80. The Morgan fingerprint density at radius 1 is 1.34 bits per heavy atom. The minimum absolute atomic E-state index is 0.0730. The van der Waals surface area contributed by atoms with Crippen molar-refractivity contribution in [1.82, 2.24) is 19.8 Å². The number of carbonyl (C=O) groups is 2. The average Bonchev–Trinajstić information content (AvgIpc) is 3.36. The zero-order valence-electron chi connectivity index (χ0n) is 22.3. The van der Waals surface area contributed by atoms with Gasteiger partial charge in [0.1, 0.15) is 17.3 Å². The van der Waals surface area contributed by atoms with Crippen molar-refractivity contribution in [2.75, 3.05) is 26.7 Å². The molecule has 2 amide bonds. The molecular formula is C29H36N4O5. The number of aromatic nitrogens is 2. The van der Waals surface area contributed by atoms with Gasteiger partial charge in [0.15, 0.2) is 0 Å². The van der Waals surface area contributed by atoms with E-state index in [0.29, 0.717) is 31.5 Å². The van der Waals surface area contributed by atoms with E-state index >= 15 is 0 Å². The number of carbonyl (C=O) groups excluding carboxylic acids is 2. The lowest BCUT2D eigenvalue weighted by atomic mass is 9.99. The fourth-order valence-electron chi connectivity index (χ4n) is 4.85. The first-order valence-corrected chi connectivity index (χ1v) is 13.2. The van der Waals surface area contributed by atoms with E-state index in [1.165, 1.54) is 6.20 Å². The lowest BCUT2D eigenvalue weighted by Crippen LogP contribution is -2.50. The standard InChI is InChI=1S/C29H36N4O5/c1-20-17-33(21(2)19-34)28(36)24-13-23(8-11-29(37)9-4-5-10-29)16-31-27(24)38-25(20)18-32(3)26(35)14-22-7-6-12-30-15-22/h6-7,12-13,15-16,20-21,25,34,37H,4-5,9-10,14,17-19H2,1-3H3/t20-,21+,25-/m1/s1. The van der Waals surface area contributed by atoms with Crippen LogP contribution in [-0.2, 0) is 11.2 Å². The highest BCUT2D eigenvalue weighted by Crippen LogP contribution is 2.30. The first-order chi connectivity index (χ1) is 18.2. The summed E-state index contributed by atoms with van der Waals surface area (Å²) in [6, 6.07) is 4.87. The van der Waals surface area contributed by atoms with E-state index in [-0.39, 0.29) is 42.2 Å². The van der Waals surface area contributed by atoms with Gasteiger partial charge in [-0.15, -0.1) is 0 Å². The van der Waals surface area contributed by atoms with E-state index in [9.17, 15) is 19.8 Å². The van der Waals surface area contributed by atoms with Gasteiger partial charge >= 0.3 is 0 Å². The Hall–Kier alpha value is -3.48. The van der Waals surface area contributed by atoms with Crippen molar-refractivity contribution in [3.63, 3.8) is 0 Å². The Morgan fingerprint density at radius 3 is 2.79 bits per heavy atom. The van der Waals surface area contributed by atoms with E-state index in [0.717, 1.165) is 18.4 Å². The van der Waals surface area contributed by atoms with Crippen LogP contribution in [0.1, 0.15) is 61.0 Å². The highest BCUT2D eigenvalue weighted by Gasteiger charge is 2.35.